The Balaban J connectivity index is 2.50. The van der Waals surface area contributed by atoms with E-state index < -0.39 is 5.97 Å². The third-order valence-electron chi connectivity index (χ3n) is 1.90. The molecule has 0 amide bonds. The van der Waals surface area contributed by atoms with Gasteiger partial charge in [0.1, 0.15) is 6.33 Å². The minimum atomic E-state index is -0.396. The van der Waals surface area contributed by atoms with Crippen LogP contribution in [-0.4, -0.2) is 27.8 Å². The Morgan fingerprint density at radius 2 is 2.47 bits per heavy atom. The number of rotatable bonds is 4. The van der Waals surface area contributed by atoms with E-state index in [0.717, 1.165) is 5.82 Å². The zero-order valence-corrected chi connectivity index (χ0v) is 8.97. The Morgan fingerprint density at radius 3 is 3.00 bits per heavy atom. The number of carbonyl (C=O) groups excluding carboxylic acids is 1. The molecule has 82 valence electrons. The number of ether oxygens (including phenoxy) is 1. The van der Waals surface area contributed by atoms with Crippen molar-refractivity contribution in [1.29, 1.82) is 0 Å². The van der Waals surface area contributed by atoms with E-state index >= 15 is 0 Å². The number of esters is 1. The molecule has 0 saturated carbocycles. The van der Waals surface area contributed by atoms with Crippen LogP contribution in [0.3, 0.4) is 0 Å². The van der Waals surface area contributed by atoms with Gasteiger partial charge >= 0.3 is 5.97 Å². The van der Waals surface area contributed by atoms with E-state index in [1.54, 1.807) is 6.33 Å². The summed E-state index contributed by atoms with van der Waals surface area (Å²) in [7, 11) is 3.19. The van der Waals surface area contributed by atoms with Crippen molar-refractivity contribution < 1.29 is 9.53 Å². The molecule has 0 radical (unpaired) electrons. The Hall–Kier alpha value is -1.85. The minimum absolute atomic E-state index is 0.0154. The van der Waals surface area contributed by atoms with E-state index in [-0.39, 0.29) is 6.04 Å². The molecule has 15 heavy (non-hydrogen) atoms. The highest BCUT2D eigenvalue weighted by atomic mass is 16.5. The fourth-order valence-electron chi connectivity index (χ4n) is 1.09. The van der Waals surface area contributed by atoms with Crippen molar-refractivity contribution in [1.82, 2.24) is 20.1 Å². The molecule has 0 saturated heterocycles. The van der Waals surface area contributed by atoms with Crippen LogP contribution < -0.4 is 5.32 Å². The zero-order chi connectivity index (χ0) is 11.3. The second kappa shape index (κ2) is 5.14. The molecule has 6 nitrogen and oxygen atoms in total. The van der Waals surface area contributed by atoms with Gasteiger partial charge in [-0.2, -0.15) is 0 Å². The number of hydrogen-bond donors (Lipinski definition) is 1. The molecular weight excluding hydrogens is 196 g/mol. The van der Waals surface area contributed by atoms with E-state index in [4.69, 9.17) is 0 Å². The van der Waals surface area contributed by atoms with Crippen LogP contribution in [0.15, 0.2) is 18.6 Å². The van der Waals surface area contributed by atoms with Crippen LogP contribution in [0.25, 0.3) is 0 Å². The predicted octanol–water partition coefficient (Wildman–Crippen LogP) is 0.152. The van der Waals surface area contributed by atoms with Gasteiger partial charge in [-0.15, -0.1) is 10.2 Å². The Bertz CT molecular complexity index is 359. The van der Waals surface area contributed by atoms with Crippen LogP contribution in [0.2, 0.25) is 0 Å². The van der Waals surface area contributed by atoms with Crippen LogP contribution in [0.4, 0.5) is 0 Å². The van der Waals surface area contributed by atoms with Gasteiger partial charge in [0, 0.05) is 19.3 Å². The molecule has 1 unspecified atom stereocenters. The molecule has 6 heteroatoms. The van der Waals surface area contributed by atoms with Crippen LogP contribution in [0.5, 0.6) is 0 Å². The van der Waals surface area contributed by atoms with Crippen molar-refractivity contribution in [3.63, 3.8) is 0 Å². The van der Waals surface area contributed by atoms with Crippen molar-refractivity contribution in [3.05, 3.63) is 24.4 Å². The van der Waals surface area contributed by atoms with E-state index in [9.17, 15) is 4.79 Å². The largest absolute Gasteiger partial charge is 0.466 e. The Labute approximate surface area is 87.9 Å². The van der Waals surface area contributed by atoms with Gasteiger partial charge in [0.15, 0.2) is 5.82 Å². The average molecular weight is 210 g/mol. The van der Waals surface area contributed by atoms with Crippen molar-refractivity contribution in [3.8, 4) is 0 Å². The first-order valence-corrected chi connectivity index (χ1v) is 4.49. The van der Waals surface area contributed by atoms with Gasteiger partial charge in [-0.25, -0.2) is 4.79 Å². The topological polar surface area (TPSA) is 69.0 Å². The molecule has 0 aliphatic heterocycles. The summed E-state index contributed by atoms with van der Waals surface area (Å²) in [5.41, 5.74) is 0. The number of aromatic nitrogens is 3. The normalized spacial score (nSPS) is 12.7. The summed E-state index contributed by atoms with van der Waals surface area (Å²) in [5, 5.41) is 10.7. The van der Waals surface area contributed by atoms with Crippen LogP contribution in [0.1, 0.15) is 18.8 Å². The summed E-state index contributed by atoms with van der Waals surface area (Å²) in [6, 6.07) is -0.0154. The highest BCUT2D eigenvalue weighted by molar-refractivity contribution is 5.81. The Kier molecular flexibility index (Phi) is 3.84. The molecule has 1 N–H and O–H groups in total. The number of nitrogens with one attached hydrogen (secondary N) is 1. The molecule has 1 aromatic heterocycles. The molecule has 1 heterocycles. The minimum Gasteiger partial charge on any atom is -0.466 e. The number of methoxy groups -OCH3 is 1. The summed E-state index contributed by atoms with van der Waals surface area (Å²) in [4.78, 5) is 10.8. The highest BCUT2D eigenvalue weighted by Crippen LogP contribution is 2.06. The van der Waals surface area contributed by atoms with Gasteiger partial charge in [-0.05, 0) is 6.92 Å². The molecule has 0 aliphatic carbocycles. The first kappa shape index (κ1) is 11.2. The summed E-state index contributed by atoms with van der Waals surface area (Å²) < 4.78 is 6.26. The van der Waals surface area contributed by atoms with E-state index in [0.29, 0.717) is 0 Å². The van der Waals surface area contributed by atoms with E-state index in [1.807, 2.05) is 18.5 Å². The lowest BCUT2D eigenvalue weighted by Gasteiger charge is -2.09. The first-order valence-electron chi connectivity index (χ1n) is 4.49. The zero-order valence-electron chi connectivity index (χ0n) is 8.97. The maximum Gasteiger partial charge on any atom is 0.331 e. The molecule has 0 aromatic carbocycles. The lowest BCUT2D eigenvalue weighted by atomic mass is 10.3. The van der Waals surface area contributed by atoms with Gasteiger partial charge < -0.3 is 14.6 Å². The van der Waals surface area contributed by atoms with Crippen molar-refractivity contribution >= 4 is 5.97 Å². The van der Waals surface area contributed by atoms with Crippen LogP contribution in [0, 0.1) is 0 Å². The van der Waals surface area contributed by atoms with E-state index in [2.05, 4.69) is 20.3 Å². The monoisotopic (exact) mass is 210 g/mol. The molecule has 1 aromatic rings. The van der Waals surface area contributed by atoms with Gasteiger partial charge in [0.25, 0.3) is 0 Å². The predicted molar refractivity (Wildman–Crippen MR) is 53.7 cm³/mol. The third-order valence-corrected chi connectivity index (χ3v) is 1.90. The first-order chi connectivity index (χ1) is 7.15. The SMILES string of the molecule is COC(=O)/C=C/NC(C)c1nncn1C. The van der Waals surface area contributed by atoms with Gasteiger partial charge in [0.2, 0.25) is 0 Å². The molecule has 0 spiro atoms. The number of nitrogens with zero attached hydrogens (tertiary/aromatic N) is 3. The Morgan fingerprint density at radius 1 is 1.73 bits per heavy atom. The number of hydrogen-bond acceptors (Lipinski definition) is 5. The average Bonchev–Trinajstić information content (AvgIpc) is 2.64. The smallest absolute Gasteiger partial charge is 0.331 e. The second-order valence-electron chi connectivity index (χ2n) is 3.04. The van der Waals surface area contributed by atoms with Gasteiger partial charge in [-0.3, -0.25) is 0 Å². The van der Waals surface area contributed by atoms with Gasteiger partial charge in [-0.1, -0.05) is 0 Å². The maximum atomic E-state index is 10.8. The van der Waals surface area contributed by atoms with Crippen molar-refractivity contribution in [2.24, 2.45) is 7.05 Å². The summed E-state index contributed by atoms with van der Waals surface area (Å²) in [5.74, 6) is 0.400. The third kappa shape index (κ3) is 3.08. The molecule has 0 aliphatic rings. The molecular formula is C9H14N4O2. The molecule has 0 fully saturated rings. The number of aryl methyl sites for hydroxylation is 1. The van der Waals surface area contributed by atoms with Crippen LogP contribution in [-0.2, 0) is 16.6 Å². The van der Waals surface area contributed by atoms with E-state index in [1.165, 1.54) is 19.4 Å². The molecule has 1 atom stereocenters. The quantitative estimate of drug-likeness (QED) is 0.566. The maximum absolute atomic E-state index is 10.8. The summed E-state index contributed by atoms with van der Waals surface area (Å²) in [6.45, 7) is 1.92. The van der Waals surface area contributed by atoms with Crippen molar-refractivity contribution in [2.75, 3.05) is 7.11 Å². The fourth-order valence-corrected chi connectivity index (χ4v) is 1.09. The second-order valence-corrected chi connectivity index (χ2v) is 3.04. The van der Waals surface area contributed by atoms with Gasteiger partial charge in [0.05, 0.1) is 13.2 Å². The highest BCUT2D eigenvalue weighted by Gasteiger charge is 2.08. The van der Waals surface area contributed by atoms with Crippen molar-refractivity contribution in [2.45, 2.75) is 13.0 Å². The van der Waals surface area contributed by atoms with Crippen LogP contribution >= 0.6 is 0 Å². The standard InChI is InChI=1S/C9H14N4O2/c1-7(9-12-11-6-13(9)2)10-5-4-8(14)15-3/h4-7,10H,1-3H3/b5-4+. The number of carbonyl (C=O) groups is 1. The lowest BCUT2D eigenvalue weighted by molar-refractivity contribution is -0.134. The molecule has 1 rings (SSSR count). The summed E-state index contributed by atoms with van der Waals surface area (Å²) >= 11 is 0. The fraction of sp³-hybridized carbons (Fsp3) is 0.444. The molecule has 0 bridgehead atoms. The lowest BCUT2D eigenvalue weighted by Crippen LogP contribution is -2.16. The summed E-state index contributed by atoms with van der Waals surface area (Å²) in [6.07, 6.45) is 4.47.